The van der Waals surface area contributed by atoms with Crippen molar-refractivity contribution in [3.63, 3.8) is 0 Å². The third-order valence-corrected chi connectivity index (χ3v) is 4.10. The number of hydrogen-bond donors (Lipinski definition) is 2. The number of aliphatic hydroxyl groups is 1. The predicted octanol–water partition coefficient (Wildman–Crippen LogP) is 4.21. The lowest BCUT2D eigenvalue weighted by molar-refractivity contribution is 0.0613. The molecule has 6 heteroatoms. The highest BCUT2D eigenvalue weighted by Gasteiger charge is 2.10. The number of para-hydroxylation sites is 1. The molecule has 150 valence electrons. The van der Waals surface area contributed by atoms with Crippen LogP contribution < -0.4 is 14.8 Å². The Morgan fingerprint density at radius 2 is 1.72 bits per heavy atom. The average Bonchev–Trinajstić information content (AvgIpc) is 2.72. The molecule has 29 heavy (non-hydrogen) atoms. The second-order valence-electron chi connectivity index (χ2n) is 6.55. The fourth-order valence-electron chi connectivity index (χ4n) is 2.61. The van der Waals surface area contributed by atoms with Gasteiger partial charge in [-0.05, 0) is 55.5 Å². The van der Waals surface area contributed by atoms with Crippen molar-refractivity contribution in [1.29, 1.82) is 0 Å². The van der Waals surface area contributed by atoms with Gasteiger partial charge < -0.3 is 19.9 Å². The van der Waals surface area contributed by atoms with Crippen molar-refractivity contribution in [2.45, 2.75) is 13.0 Å². The van der Waals surface area contributed by atoms with E-state index in [-0.39, 0.29) is 24.9 Å². The van der Waals surface area contributed by atoms with Gasteiger partial charge in [-0.25, -0.2) is 4.39 Å². The number of aliphatic hydroxyl groups excluding tert-OH is 1. The summed E-state index contributed by atoms with van der Waals surface area (Å²) in [5, 5.41) is 12.8. The monoisotopic (exact) mass is 395 g/mol. The lowest BCUT2D eigenvalue weighted by atomic mass is 10.1. The van der Waals surface area contributed by atoms with Gasteiger partial charge in [0.1, 0.15) is 25.1 Å². The Labute approximate surface area is 168 Å². The van der Waals surface area contributed by atoms with Gasteiger partial charge in [0.2, 0.25) is 0 Å². The van der Waals surface area contributed by atoms with E-state index in [1.165, 1.54) is 12.1 Å². The molecule has 0 aromatic heterocycles. The zero-order valence-corrected chi connectivity index (χ0v) is 16.0. The van der Waals surface area contributed by atoms with Crippen LogP contribution in [0, 0.1) is 12.7 Å². The van der Waals surface area contributed by atoms with E-state index < -0.39 is 11.9 Å². The lowest BCUT2D eigenvalue weighted by Crippen LogP contribution is -2.25. The van der Waals surface area contributed by atoms with Gasteiger partial charge in [-0.2, -0.15) is 0 Å². The Kier molecular flexibility index (Phi) is 6.81. The molecule has 3 aromatic carbocycles. The van der Waals surface area contributed by atoms with Crippen LogP contribution in [-0.2, 0) is 0 Å². The Morgan fingerprint density at radius 1 is 1.00 bits per heavy atom. The maximum Gasteiger partial charge on any atom is 0.255 e. The van der Waals surface area contributed by atoms with E-state index in [0.717, 1.165) is 5.56 Å². The fourth-order valence-corrected chi connectivity index (χ4v) is 2.61. The summed E-state index contributed by atoms with van der Waals surface area (Å²) in [5.74, 6) is -0.0595. The van der Waals surface area contributed by atoms with Gasteiger partial charge in [0.05, 0.1) is 0 Å². The number of rotatable bonds is 8. The largest absolute Gasteiger partial charge is 0.491 e. The van der Waals surface area contributed by atoms with Gasteiger partial charge in [-0.15, -0.1) is 0 Å². The Bertz CT molecular complexity index is 959. The van der Waals surface area contributed by atoms with Gasteiger partial charge in [0.25, 0.3) is 5.91 Å². The summed E-state index contributed by atoms with van der Waals surface area (Å²) in [5.41, 5.74) is 2.23. The number of hydrogen-bond acceptors (Lipinski definition) is 4. The van der Waals surface area contributed by atoms with Crippen molar-refractivity contribution >= 4 is 11.6 Å². The Hall–Kier alpha value is -3.38. The maximum absolute atomic E-state index is 13.5. The molecule has 0 fully saturated rings. The van der Waals surface area contributed by atoms with E-state index in [2.05, 4.69) is 5.32 Å². The molecule has 1 atom stereocenters. The van der Waals surface area contributed by atoms with Crippen LogP contribution in [0.3, 0.4) is 0 Å². The van der Waals surface area contributed by atoms with Gasteiger partial charge >= 0.3 is 0 Å². The van der Waals surface area contributed by atoms with Crippen molar-refractivity contribution in [2.24, 2.45) is 0 Å². The van der Waals surface area contributed by atoms with E-state index in [4.69, 9.17) is 9.47 Å². The van der Waals surface area contributed by atoms with Gasteiger partial charge in [-0.3, -0.25) is 4.79 Å². The number of anilines is 1. The van der Waals surface area contributed by atoms with Gasteiger partial charge in [0.15, 0.2) is 11.6 Å². The van der Waals surface area contributed by atoms with Crippen molar-refractivity contribution in [1.82, 2.24) is 0 Å². The molecule has 1 amide bonds. The molecular weight excluding hydrogens is 373 g/mol. The zero-order valence-electron chi connectivity index (χ0n) is 16.0. The smallest absolute Gasteiger partial charge is 0.255 e. The van der Waals surface area contributed by atoms with E-state index in [0.29, 0.717) is 17.0 Å². The molecule has 0 heterocycles. The highest BCUT2D eigenvalue weighted by atomic mass is 19.1. The van der Waals surface area contributed by atoms with Crippen LogP contribution in [0.1, 0.15) is 15.9 Å². The summed E-state index contributed by atoms with van der Waals surface area (Å²) in [4.78, 5) is 12.3. The zero-order chi connectivity index (χ0) is 20.6. The third kappa shape index (κ3) is 6.05. The SMILES string of the molecule is Cc1cccc(C(=O)Nc2ccc(OCC(O)COc3ccccc3F)cc2)c1. The number of halogens is 1. The minimum atomic E-state index is -0.921. The standard InChI is InChI=1S/C23H22FNO4/c1-16-5-4-6-17(13-16)23(27)25-18-9-11-20(12-10-18)28-14-19(26)15-29-22-8-3-2-7-21(22)24/h2-13,19,26H,14-15H2,1H3,(H,25,27). The molecule has 0 aliphatic heterocycles. The van der Waals surface area contributed by atoms with E-state index in [9.17, 15) is 14.3 Å². The molecule has 3 rings (SSSR count). The molecule has 2 N–H and O–H groups in total. The molecule has 1 unspecified atom stereocenters. The highest BCUT2D eigenvalue weighted by Crippen LogP contribution is 2.18. The van der Waals surface area contributed by atoms with Crippen LogP contribution >= 0.6 is 0 Å². The summed E-state index contributed by atoms with van der Waals surface area (Å²) < 4.78 is 24.2. The number of amides is 1. The van der Waals surface area contributed by atoms with Crippen LogP contribution in [-0.4, -0.2) is 30.3 Å². The van der Waals surface area contributed by atoms with E-state index >= 15 is 0 Å². The topological polar surface area (TPSA) is 67.8 Å². The third-order valence-electron chi connectivity index (χ3n) is 4.10. The number of ether oxygens (including phenoxy) is 2. The molecule has 0 saturated carbocycles. The number of aryl methyl sites for hydroxylation is 1. The molecule has 0 aliphatic rings. The minimum Gasteiger partial charge on any atom is -0.491 e. The number of nitrogens with one attached hydrogen (secondary N) is 1. The Morgan fingerprint density at radius 3 is 2.45 bits per heavy atom. The second kappa shape index (κ2) is 9.71. The number of carbonyl (C=O) groups excluding carboxylic acids is 1. The second-order valence-corrected chi connectivity index (χ2v) is 6.55. The molecule has 0 saturated heterocycles. The molecule has 0 spiro atoms. The summed E-state index contributed by atoms with van der Waals surface area (Å²) in [6.07, 6.45) is -0.921. The van der Waals surface area contributed by atoms with Crippen molar-refractivity contribution in [2.75, 3.05) is 18.5 Å². The normalized spacial score (nSPS) is 11.6. The number of carbonyl (C=O) groups is 1. The quantitative estimate of drug-likeness (QED) is 0.600. The molecule has 5 nitrogen and oxygen atoms in total. The van der Waals surface area contributed by atoms with Gasteiger partial charge in [-0.1, -0.05) is 29.8 Å². The van der Waals surface area contributed by atoms with Gasteiger partial charge in [0, 0.05) is 11.3 Å². The molecule has 3 aromatic rings. The number of benzene rings is 3. The van der Waals surface area contributed by atoms with Crippen molar-refractivity contribution in [3.05, 3.63) is 89.7 Å². The first-order valence-corrected chi connectivity index (χ1v) is 9.17. The first-order valence-electron chi connectivity index (χ1n) is 9.17. The molecule has 0 bridgehead atoms. The average molecular weight is 395 g/mol. The van der Waals surface area contributed by atoms with Crippen LogP contribution in [0.4, 0.5) is 10.1 Å². The van der Waals surface area contributed by atoms with E-state index in [1.807, 2.05) is 25.1 Å². The highest BCUT2D eigenvalue weighted by molar-refractivity contribution is 6.04. The Balaban J connectivity index is 1.46. The van der Waals surface area contributed by atoms with Crippen LogP contribution in [0.25, 0.3) is 0 Å². The van der Waals surface area contributed by atoms with E-state index in [1.54, 1.807) is 42.5 Å². The fraction of sp³-hybridized carbons (Fsp3) is 0.174. The predicted molar refractivity (Wildman–Crippen MR) is 109 cm³/mol. The summed E-state index contributed by atoms with van der Waals surface area (Å²) in [7, 11) is 0. The van der Waals surface area contributed by atoms with Crippen molar-refractivity contribution < 1.29 is 23.8 Å². The first-order chi connectivity index (χ1) is 14.0. The first kappa shape index (κ1) is 20.4. The van der Waals surface area contributed by atoms with Crippen molar-refractivity contribution in [3.8, 4) is 11.5 Å². The lowest BCUT2D eigenvalue weighted by Gasteiger charge is -2.14. The minimum absolute atomic E-state index is 0.0105. The maximum atomic E-state index is 13.5. The summed E-state index contributed by atoms with van der Waals surface area (Å²) >= 11 is 0. The molecular formula is C23H22FNO4. The summed E-state index contributed by atoms with van der Waals surface area (Å²) in [6.45, 7) is 1.83. The molecule has 0 radical (unpaired) electrons. The van der Waals surface area contributed by atoms with Crippen LogP contribution in [0.2, 0.25) is 0 Å². The molecule has 0 aliphatic carbocycles. The van der Waals surface area contributed by atoms with Crippen LogP contribution in [0.5, 0.6) is 11.5 Å². The van der Waals surface area contributed by atoms with Crippen LogP contribution in [0.15, 0.2) is 72.8 Å². The summed E-state index contributed by atoms with van der Waals surface area (Å²) in [6, 6.07) is 20.1.